The summed E-state index contributed by atoms with van der Waals surface area (Å²) in [5.74, 6) is 2.82. The number of aryl methyl sites for hydroxylation is 1. The van der Waals surface area contributed by atoms with Crippen molar-refractivity contribution in [1.82, 2.24) is 14.4 Å². The van der Waals surface area contributed by atoms with E-state index in [9.17, 15) is 0 Å². The van der Waals surface area contributed by atoms with Crippen LogP contribution in [-0.2, 0) is 0 Å². The van der Waals surface area contributed by atoms with E-state index in [1.54, 1.807) is 20.4 Å². The molecule has 0 spiro atoms. The van der Waals surface area contributed by atoms with E-state index < -0.39 is 0 Å². The van der Waals surface area contributed by atoms with Crippen LogP contribution < -0.4 is 14.8 Å². The standard InChI is InChI=1S/C21H20N4O2/c1-14-5-7-15(8-6-14)19-20(25-12-4-11-22-21(25)24-19)23-16-9-10-17(26-2)18(13-16)27-3/h4-13,23H,1-3H3. The van der Waals surface area contributed by atoms with Crippen LogP contribution in [0.5, 0.6) is 11.5 Å². The zero-order valence-electron chi connectivity index (χ0n) is 15.4. The minimum Gasteiger partial charge on any atom is -0.493 e. The summed E-state index contributed by atoms with van der Waals surface area (Å²) >= 11 is 0. The highest BCUT2D eigenvalue weighted by Gasteiger charge is 2.16. The fourth-order valence-electron chi connectivity index (χ4n) is 2.97. The fraction of sp³-hybridized carbons (Fsp3) is 0.143. The van der Waals surface area contributed by atoms with Crippen molar-refractivity contribution in [3.63, 3.8) is 0 Å². The molecule has 0 unspecified atom stereocenters. The SMILES string of the molecule is COc1ccc(Nc2c(-c3ccc(C)cc3)nc3ncccn23)cc1OC. The van der Waals surface area contributed by atoms with Gasteiger partial charge in [-0.3, -0.25) is 4.40 Å². The first kappa shape index (κ1) is 16.9. The Kier molecular flexibility index (Phi) is 4.38. The number of rotatable bonds is 5. The molecule has 0 aliphatic rings. The van der Waals surface area contributed by atoms with Crippen LogP contribution in [0.15, 0.2) is 60.9 Å². The van der Waals surface area contributed by atoms with E-state index in [0.717, 1.165) is 22.8 Å². The molecule has 1 N–H and O–H groups in total. The minimum absolute atomic E-state index is 0.635. The van der Waals surface area contributed by atoms with Crippen LogP contribution in [0.25, 0.3) is 17.0 Å². The lowest BCUT2D eigenvalue weighted by Gasteiger charge is -2.12. The number of ether oxygens (including phenoxy) is 2. The topological polar surface area (TPSA) is 60.7 Å². The average molecular weight is 360 g/mol. The van der Waals surface area contributed by atoms with Gasteiger partial charge in [0.2, 0.25) is 5.78 Å². The van der Waals surface area contributed by atoms with E-state index in [0.29, 0.717) is 17.3 Å². The summed E-state index contributed by atoms with van der Waals surface area (Å²) in [5, 5.41) is 3.46. The molecule has 0 fully saturated rings. The van der Waals surface area contributed by atoms with Gasteiger partial charge >= 0.3 is 0 Å². The molecule has 0 radical (unpaired) electrons. The van der Waals surface area contributed by atoms with Crippen molar-refractivity contribution >= 4 is 17.3 Å². The third kappa shape index (κ3) is 3.17. The van der Waals surface area contributed by atoms with Crippen LogP contribution in [-0.4, -0.2) is 28.6 Å². The number of benzene rings is 2. The Morgan fingerprint density at radius 1 is 0.963 bits per heavy atom. The van der Waals surface area contributed by atoms with Gasteiger partial charge in [0.15, 0.2) is 11.5 Å². The first-order valence-corrected chi connectivity index (χ1v) is 8.59. The number of nitrogens with one attached hydrogen (secondary N) is 1. The fourth-order valence-corrected chi connectivity index (χ4v) is 2.97. The van der Waals surface area contributed by atoms with E-state index in [-0.39, 0.29) is 0 Å². The second kappa shape index (κ2) is 6.99. The Morgan fingerprint density at radius 3 is 2.48 bits per heavy atom. The van der Waals surface area contributed by atoms with Crippen LogP contribution in [0, 0.1) is 6.92 Å². The van der Waals surface area contributed by atoms with Crippen LogP contribution in [0.3, 0.4) is 0 Å². The summed E-state index contributed by atoms with van der Waals surface area (Å²) < 4.78 is 12.7. The summed E-state index contributed by atoms with van der Waals surface area (Å²) in [4.78, 5) is 9.09. The summed E-state index contributed by atoms with van der Waals surface area (Å²) in [5.41, 5.74) is 3.93. The van der Waals surface area contributed by atoms with Gasteiger partial charge in [-0.05, 0) is 25.1 Å². The van der Waals surface area contributed by atoms with Crippen molar-refractivity contribution in [2.24, 2.45) is 0 Å². The van der Waals surface area contributed by atoms with Crippen LogP contribution >= 0.6 is 0 Å². The van der Waals surface area contributed by atoms with Gasteiger partial charge in [-0.25, -0.2) is 9.97 Å². The van der Waals surface area contributed by atoms with Gasteiger partial charge in [0.1, 0.15) is 11.5 Å². The monoisotopic (exact) mass is 360 g/mol. The maximum atomic E-state index is 5.41. The molecule has 2 aromatic carbocycles. The molecule has 2 heterocycles. The normalized spacial score (nSPS) is 10.8. The van der Waals surface area contributed by atoms with Gasteiger partial charge in [-0.2, -0.15) is 0 Å². The lowest BCUT2D eigenvalue weighted by molar-refractivity contribution is 0.355. The molecular formula is C21H20N4O2. The molecule has 0 aliphatic heterocycles. The Hall–Kier alpha value is -3.54. The van der Waals surface area contributed by atoms with E-state index >= 15 is 0 Å². The Morgan fingerprint density at radius 2 is 1.74 bits per heavy atom. The smallest absolute Gasteiger partial charge is 0.235 e. The van der Waals surface area contributed by atoms with Crippen molar-refractivity contribution < 1.29 is 9.47 Å². The van der Waals surface area contributed by atoms with Gasteiger partial charge in [-0.15, -0.1) is 0 Å². The Bertz CT molecular complexity index is 1090. The van der Waals surface area contributed by atoms with Crippen LogP contribution in [0.4, 0.5) is 11.5 Å². The Balaban J connectivity index is 1.83. The number of fused-ring (bicyclic) bond motifs is 1. The van der Waals surface area contributed by atoms with Crippen molar-refractivity contribution in [2.45, 2.75) is 6.92 Å². The summed E-state index contributed by atoms with van der Waals surface area (Å²) in [6.07, 6.45) is 3.68. The van der Waals surface area contributed by atoms with E-state index in [4.69, 9.17) is 14.5 Å². The number of hydrogen-bond donors (Lipinski definition) is 1. The molecule has 6 nitrogen and oxygen atoms in total. The lowest BCUT2D eigenvalue weighted by Crippen LogP contribution is -1.98. The number of nitrogens with zero attached hydrogens (tertiary/aromatic N) is 3. The van der Waals surface area contributed by atoms with Crippen molar-refractivity contribution in [3.8, 4) is 22.8 Å². The molecule has 6 heteroatoms. The highest BCUT2D eigenvalue weighted by Crippen LogP contribution is 2.34. The maximum absolute atomic E-state index is 5.41. The van der Waals surface area contributed by atoms with Gasteiger partial charge in [0.05, 0.1) is 14.2 Å². The first-order chi connectivity index (χ1) is 13.2. The second-order valence-electron chi connectivity index (χ2n) is 6.16. The number of imidazole rings is 1. The van der Waals surface area contributed by atoms with E-state index in [2.05, 4.69) is 41.5 Å². The highest BCUT2D eigenvalue weighted by molar-refractivity contribution is 5.79. The largest absolute Gasteiger partial charge is 0.493 e. The number of aromatic nitrogens is 3. The zero-order chi connectivity index (χ0) is 18.8. The highest BCUT2D eigenvalue weighted by atomic mass is 16.5. The number of methoxy groups -OCH3 is 2. The molecule has 0 aliphatic carbocycles. The summed E-state index contributed by atoms with van der Waals surface area (Å²) in [6.45, 7) is 2.07. The van der Waals surface area contributed by atoms with Crippen molar-refractivity contribution in [1.29, 1.82) is 0 Å². The maximum Gasteiger partial charge on any atom is 0.235 e. The second-order valence-corrected chi connectivity index (χ2v) is 6.16. The van der Waals surface area contributed by atoms with E-state index in [1.165, 1.54) is 5.56 Å². The summed E-state index contributed by atoms with van der Waals surface area (Å²) in [6, 6.07) is 15.9. The summed E-state index contributed by atoms with van der Waals surface area (Å²) in [7, 11) is 3.24. The third-order valence-electron chi connectivity index (χ3n) is 4.37. The van der Waals surface area contributed by atoms with E-state index in [1.807, 2.05) is 34.9 Å². The molecule has 27 heavy (non-hydrogen) atoms. The van der Waals surface area contributed by atoms with Gasteiger partial charge in [0.25, 0.3) is 0 Å². The number of hydrogen-bond acceptors (Lipinski definition) is 5. The molecule has 0 saturated heterocycles. The quantitative estimate of drug-likeness (QED) is 0.569. The molecule has 0 bridgehead atoms. The van der Waals surface area contributed by atoms with Crippen molar-refractivity contribution in [3.05, 3.63) is 66.5 Å². The Labute approximate surface area is 157 Å². The molecule has 136 valence electrons. The van der Waals surface area contributed by atoms with Gasteiger partial charge < -0.3 is 14.8 Å². The molecule has 4 rings (SSSR count). The number of anilines is 2. The van der Waals surface area contributed by atoms with Gasteiger partial charge in [0, 0.05) is 29.7 Å². The zero-order valence-corrected chi connectivity index (χ0v) is 15.4. The van der Waals surface area contributed by atoms with Crippen molar-refractivity contribution in [2.75, 3.05) is 19.5 Å². The molecule has 0 amide bonds. The average Bonchev–Trinajstić information content (AvgIpc) is 3.07. The molecule has 0 saturated carbocycles. The first-order valence-electron chi connectivity index (χ1n) is 8.59. The predicted molar refractivity (Wildman–Crippen MR) is 106 cm³/mol. The van der Waals surface area contributed by atoms with Crippen LogP contribution in [0.2, 0.25) is 0 Å². The third-order valence-corrected chi connectivity index (χ3v) is 4.37. The molecule has 2 aromatic heterocycles. The molecular weight excluding hydrogens is 340 g/mol. The molecule has 0 atom stereocenters. The predicted octanol–water partition coefficient (Wildman–Crippen LogP) is 4.47. The minimum atomic E-state index is 0.635. The lowest BCUT2D eigenvalue weighted by atomic mass is 10.1. The van der Waals surface area contributed by atoms with Crippen LogP contribution in [0.1, 0.15) is 5.56 Å². The molecule has 4 aromatic rings. The van der Waals surface area contributed by atoms with Gasteiger partial charge in [-0.1, -0.05) is 29.8 Å².